The standard InChI is InChI=1S/C23H17N3O3S/c1-15-11-13-17(14-12-15)21-20(16-7-3-2-4-8-16)24-23(30-21)25-22(27)18-9-5-6-10-19(18)26(28)29/h2-14H,1H3,(H,24,25,27). The van der Waals surface area contributed by atoms with Gasteiger partial charge in [-0.2, -0.15) is 0 Å². The molecule has 0 aliphatic carbocycles. The van der Waals surface area contributed by atoms with E-state index in [9.17, 15) is 14.9 Å². The summed E-state index contributed by atoms with van der Waals surface area (Å²) >= 11 is 1.34. The Morgan fingerprint density at radius 1 is 0.933 bits per heavy atom. The molecular weight excluding hydrogens is 398 g/mol. The SMILES string of the molecule is Cc1ccc(-c2sc(NC(=O)c3ccccc3[N+](=O)[O-])nc2-c2ccccc2)cc1. The van der Waals surface area contributed by atoms with Crippen molar-refractivity contribution in [1.29, 1.82) is 0 Å². The van der Waals surface area contributed by atoms with E-state index < -0.39 is 10.8 Å². The van der Waals surface area contributed by atoms with Crippen molar-refractivity contribution >= 4 is 28.1 Å². The van der Waals surface area contributed by atoms with Crippen molar-refractivity contribution in [3.63, 3.8) is 0 Å². The van der Waals surface area contributed by atoms with Crippen LogP contribution in [0.15, 0.2) is 78.9 Å². The van der Waals surface area contributed by atoms with Crippen LogP contribution in [0.1, 0.15) is 15.9 Å². The number of benzene rings is 3. The zero-order chi connectivity index (χ0) is 21.1. The summed E-state index contributed by atoms with van der Waals surface area (Å²) in [6, 6.07) is 23.6. The Bertz CT molecular complexity index is 1220. The van der Waals surface area contributed by atoms with Crippen LogP contribution < -0.4 is 5.32 Å². The van der Waals surface area contributed by atoms with Crippen molar-refractivity contribution in [3.05, 3.63) is 100 Å². The number of carbonyl (C=O) groups excluding carboxylic acids is 1. The third kappa shape index (κ3) is 3.97. The van der Waals surface area contributed by atoms with Gasteiger partial charge < -0.3 is 0 Å². The molecule has 0 saturated heterocycles. The summed E-state index contributed by atoms with van der Waals surface area (Å²) in [6.45, 7) is 2.02. The first-order valence-corrected chi connectivity index (χ1v) is 10.0. The number of carbonyl (C=O) groups is 1. The van der Waals surface area contributed by atoms with Gasteiger partial charge >= 0.3 is 0 Å². The van der Waals surface area contributed by atoms with Crippen LogP contribution in [-0.2, 0) is 0 Å². The van der Waals surface area contributed by atoms with E-state index in [-0.39, 0.29) is 11.3 Å². The number of nitrogens with zero attached hydrogens (tertiary/aromatic N) is 2. The topological polar surface area (TPSA) is 85.1 Å². The fourth-order valence-electron chi connectivity index (χ4n) is 3.06. The Balaban J connectivity index is 1.74. The number of anilines is 1. The lowest BCUT2D eigenvalue weighted by Gasteiger charge is -2.03. The van der Waals surface area contributed by atoms with Gasteiger partial charge in [-0.1, -0.05) is 83.6 Å². The van der Waals surface area contributed by atoms with Crippen LogP contribution in [0.3, 0.4) is 0 Å². The zero-order valence-electron chi connectivity index (χ0n) is 16.0. The van der Waals surface area contributed by atoms with Gasteiger partial charge in [0.25, 0.3) is 11.6 Å². The van der Waals surface area contributed by atoms with Gasteiger partial charge in [0.2, 0.25) is 0 Å². The van der Waals surface area contributed by atoms with Crippen LogP contribution in [0.5, 0.6) is 0 Å². The van der Waals surface area contributed by atoms with Crippen LogP contribution in [0, 0.1) is 17.0 Å². The number of aromatic nitrogens is 1. The molecule has 0 radical (unpaired) electrons. The van der Waals surface area contributed by atoms with Crippen LogP contribution in [0.2, 0.25) is 0 Å². The lowest BCUT2D eigenvalue weighted by molar-refractivity contribution is -0.385. The van der Waals surface area contributed by atoms with Gasteiger partial charge in [-0.05, 0) is 18.6 Å². The quantitative estimate of drug-likeness (QED) is 0.323. The maximum Gasteiger partial charge on any atom is 0.282 e. The Kier molecular flexibility index (Phi) is 5.36. The molecule has 1 amide bonds. The molecule has 0 unspecified atom stereocenters. The highest BCUT2D eigenvalue weighted by atomic mass is 32.1. The number of hydrogen-bond donors (Lipinski definition) is 1. The third-order valence-corrected chi connectivity index (χ3v) is 5.57. The molecule has 0 bridgehead atoms. The molecule has 7 heteroatoms. The Hall–Kier alpha value is -3.84. The summed E-state index contributed by atoms with van der Waals surface area (Å²) in [5.41, 5.74) is 3.57. The second kappa shape index (κ2) is 8.26. The monoisotopic (exact) mass is 415 g/mol. The molecule has 148 valence electrons. The maximum atomic E-state index is 12.7. The number of nitro benzene ring substituents is 1. The van der Waals surface area contributed by atoms with Crippen molar-refractivity contribution in [2.75, 3.05) is 5.32 Å². The second-order valence-corrected chi connectivity index (χ2v) is 7.66. The van der Waals surface area contributed by atoms with Crippen LogP contribution in [0.25, 0.3) is 21.7 Å². The van der Waals surface area contributed by atoms with E-state index in [1.807, 2.05) is 61.5 Å². The number of rotatable bonds is 5. The highest BCUT2D eigenvalue weighted by molar-refractivity contribution is 7.19. The van der Waals surface area contributed by atoms with E-state index in [1.54, 1.807) is 6.07 Å². The van der Waals surface area contributed by atoms with E-state index >= 15 is 0 Å². The number of nitrogens with one attached hydrogen (secondary N) is 1. The molecule has 4 rings (SSSR count). The van der Waals surface area contributed by atoms with Crippen LogP contribution in [-0.4, -0.2) is 15.8 Å². The fraction of sp³-hybridized carbons (Fsp3) is 0.0435. The summed E-state index contributed by atoms with van der Waals surface area (Å²) in [4.78, 5) is 29.0. The first-order valence-electron chi connectivity index (χ1n) is 9.21. The second-order valence-electron chi connectivity index (χ2n) is 6.66. The van der Waals surface area contributed by atoms with Crippen molar-refractivity contribution in [2.45, 2.75) is 6.92 Å². The molecule has 0 fully saturated rings. The number of para-hydroxylation sites is 1. The molecule has 0 aliphatic heterocycles. The molecule has 1 aromatic heterocycles. The van der Waals surface area contributed by atoms with E-state index in [0.717, 1.165) is 27.3 Å². The summed E-state index contributed by atoms with van der Waals surface area (Å²) in [6.07, 6.45) is 0. The van der Waals surface area contributed by atoms with Crippen molar-refractivity contribution in [3.8, 4) is 21.7 Å². The molecule has 1 heterocycles. The van der Waals surface area contributed by atoms with Gasteiger partial charge in [0.15, 0.2) is 5.13 Å². The molecule has 1 N–H and O–H groups in total. The first-order chi connectivity index (χ1) is 14.5. The Labute approximate surface area is 177 Å². The van der Waals surface area contributed by atoms with Gasteiger partial charge in [0, 0.05) is 11.6 Å². The number of thiazole rings is 1. The number of nitro groups is 1. The minimum atomic E-state index is -0.566. The Morgan fingerprint density at radius 2 is 1.60 bits per heavy atom. The summed E-state index contributed by atoms with van der Waals surface area (Å²) in [5.74, 6) is -0.564. The molecular formula is C23H17N3O3S. The predicted molar refractivity (Wildman–Crippen MR) is 119 cm³/mol. The maximum absolute atomic E-state index is 12.7. The minimum absolute atomic E-state index is 0.00385. The van der Waals surface area contributed by atoms with Gasteiger partial charge in [0.1, 0.15) is 5.56 Å². The number of amides is 1. The Morgan fingerprint density at radius 3 is 2.30 bits per heavy atom. The van der Waals surface area contributed by atoms with Crippen LogP contribution in [0.4, 0.5) is 10.8 Å². The average molecular weight is 415 g/mol. The van der Waals surface area contributed by atoms with Crippen LogP contribution >= 0.6 is 11.3 Å². The molecule has 0 aliphatic rings. The van der Waals surface area contributed by atoms with Crippen molar-refractivity contribution < 1.29 is 9.72 Å². The van der Waals surface area contributed by atoms with Crippen molar-refractivity contribution in [2.24, 2.45) is 0 Å². The number of aryl methyl sites for hydroxylation is 1. The predicted octanol–water partition coefficient (Wildman–Crippen LogP) is 5.95. The highest BCUT2D eigenvalue weighted by Gasteiger charge is 2.22. The van der Waals surface area contributed by atoms with Gasteiger partial charge in [-0.25, -0.2) is 4.98 Å². The molecule has 0 atom stereocenters. The third-order valence-electron chi connectivity index (χ3n) is 4.55. The molecule has 30 heavy (non-hydrogen) atoms. The average Bonchev–Trinajstić information content (AvgIpc) is 3.18. The van der Waals surface area contributed by atoms with E-state index in [2.05, 4.69) is 10.3 Å². The zero-order valence-corrected chi connectivity index (χ0v) is 16.8. The smallest absolute Gasteiger partial charge is 0.282 e. The lowest BCUT2D eigenvalue weighted by Crippen LogP contribution is -2.13. The van der Waals surface area contributed by atoms with Gasteiger partial charge in [0.05, 0.1) is 15.5 Å². The molecule has 4 aromatic rings. The fourth-order valence-corrected chi connectivity index (χ4v) is 4.04. The van der Waals surface area contributed by atoms with E-state index in [1.165, 1.54) is 29.5 Å². The largest absolute Gasteiger partial charge is 0.298 e. The lowest BCUT2D eigenvalue weighted by atomic mass is 10.1. The number of hydrogen-bond acceptors (Lipinski definition) is 5. The minimum Gasteiger partial charge on any atom is -0.298 e. The van der Waals surface area contributed by atoms with Crippen molar-refractivity contribution in [1.82, 2.24) is 4.98 Å². The summed E-state index contributed by atoms with van der Waals surface area (Å²) in [7, 11) is 0. The molecule has 0 spiro atoms. The molecule has 3 aromatic carbocycles. The summed E-state index contributed by atoms with van der Waals surface area (Å²) in [5, 5.41) is 14.4. The van der Waals surface area contributed by atoms with E-state index in [0.29, 0.717) is 5.13 Å². The van der Waals surface area contributed by atoms with E-state index in [4.69, 9.17) is 0 Å². The first kappa shape index (κ1) is 19.5. The summed E-state index contributed by atoms with van der Waals surface area (Å²) < 4.78 is 0. The normalized spacial score (nSPS) is 10.6. The molecule has 0 saturated carbocycles. The van der Waals surface area contributed by atoms with Gasteiger partial charge in [-0.3, -0.25) is 20.2 Å². The highest BCUT2D eigenvalue weighted by Crippen LogP contribution is 2.39. The molecule has 6 nitrogen and oxygen atoms in total. The van der Waals surface area contributed by atoms with Gasteiger partial charge in [-0.15, -0.1) is 0 Å².